The minimum Gasteiger partial charge on any atom is -0.378 e. The zero-order valence-corrected chi connectivity index (χ0v) is 13.6. The molecular weight excluding hydrogens is 296 g/mol. The van der Waals surface area contributed by atoms with Gasteiger partial charge in [0.15, 0.2) is 0 Å². The summed E-state index contributed by atoms with van der Waals surface area (Å²) < 4.78 is 32.5. The van der Waals surface area contributed by atoms with E-state index in [-0.39, 0.29) is 6.04 Å². The molecule has 0 saturated carbocycles. The van der Waals surface area contributed by atoms with Crippen molar-refractivity contribution in [3.8, 4) is 0 Å². The third-order valence-electron chi connectivity index (χ3n) is 3.30. The Balaban J connectivity index is 2.09. The van der Waals surface area contributed by atoms with Crippen molar-refractivity contribution in [2.75, 3.05) is 32.8 Å². The van der Waals surface area contributed by atoms with Crippen LogP contribution in [0.25, 0.3) is 0 Å². The molecule has 0 spiro atoms. The van der Waals surface area contributed by atoms with Crippen LogP contribution < -0.4 is 5.32 Å². The number of rotatable bonds is 6. The second-order valence-corrected chi connectivity index (χ2v) is 8.15. The Kier molecular flexibility index (Phi) is 5.57. The highest BCUT2D eigenvalue weighted by Gasteiger charge is 2.32. The van der Waals surface area contributed by atoms with Gasteiger partial charge in [0.05, 0.1) is 13.2 Å². The molecule has 1 fully saturated rings. The molecule has 0 aliphatic carbocycles. The predicted molar refractivity (Wildman–Crippen MR) is 80.7 cm³/mol. The van der Waals surface area contributed by atoms with E-state index in [0.29, 0.717) is 24.0 Å². The third kappa shape index (κ3) is 3.59. The van der Waals surface area contributed by atoms with Gasteiger partial charge in [-0.3, -0.25) is 0 Å². The Hall–Kier alpha value is -0.470. The number of hydrogen-bond acceptors (Lipinski definition) is 5. The van der Waals surface area contributed by atoms with Gasteiger partial charge in [-0.15, -0.1) is 11.3 Å². The van der Waals surface area contributed by atoms with Crippen LogP contribution in [0.4, 0.5) is 0 Å². The van der Waals surface area contributed by atoms with E-state index in [1.54, 1.807) is 10.4 Å². The molecule has 2 rings (SSSR count). The van der Waals surface area contributed by atoms with Gasteiger partial charge < -0.3 is 10.1 Å². The summed E-state index contributed by atoms with van der Waals surface area (Å²) in [6.07, 6.45) is 0.868. The zero-order chi connectivity index (χ0) is 14.6. The average Bonchev–Trinajstić information content (AvgIpc) is 2.89. The molecule has 5 nitrogen and oxygen atoms in total. The van der Waals surface area contributed by atoms with Crippen molar-refractivity contribution < 1.29 is 13.2 Å². The minimum absolute atomic E-state index is 0.0962. The monoisotopic (exact) mass is 318 g/mol. The Morgan fingerprint density at radius 3 is 3.00 bits per heavy atom. The number of hydrogen-bond donors (Lipinski definition) is 1. The molecule has 114 valence electrons. The van der Waals surface area contributed by atoms with Crippen molar-refractivity contribution in [3.63, 3.8) is 0 Å². The minimum atomic E-state index is -3.37. The van der Waals surface area contributed by atoms with Crippen LogP contribution in [0.1, 0.15) is 18.7 Å². The van der Waals surface area contributed by atoms with Gasteiger partial charge in [0.25, 0.3) is 10.0 Å². The fourth-order valence-electron chi connectivity index (χ4n) is 2.20. The lowest BCUT2D eigenvalue weighted by Crippen LogP contribution is -2.46. The highest BCUT2D eigenvalue weighted by Crippen LogP contribution is 2.27. The Bertz CT molecular complexity index is 527. The van der Waals surface area contributed by atoms with E-state index in [9.17, 15) is 8.42 Å². The maximum absolute atomic E-state index is 12.6. The molecule has 0 aromatic carbocycles. The van der Waals surface area contributed by atoms with Crippen molar-refractivity contribution in [2.45, 2.75) is 30.5 Å². The molecule has 1 saturated heterocycles. The Morgan fingerprint density at radius 2 is 2.30 bits per heavy atom. The molecule has 1 aliphatic rings. The summed E-state index contributed by atoms with van der Waals surface area (Å²) >= 11 is 1.38. The van der Waals surface area contributed by atoms with Crippen LogP contribution in [0.3, 0.4) is 0 Å². The first kappa shape index (κ1) is 15.9. The summed E-state index contributed by atoms with van der Waals surface area (Å²) in [6.45, 7) is 7.14. The smallest absolute Gasteiger partial charge is 0.252 e. The summed E-state index contributed by atoms with van der Waals surface area (Å²) in [5.74, 6) is 0. The van der Waals surface area contributed by atoms with Crippen LogP contribution >= 0.6 is 11.3 Å². The molecule has 1 aliphatic heterocycles. The van der Waals surface area contributed by atoms with Crippen LogP contribution in [0.2, 0.25) is 0 Å². The molecule has 20 heavy (non-hydrogen) atoms. The van der Waals surface area contributed by atoms with Crippen LogP contribution in [-0.4, -0.2) is 51.6 Å². The predicted octanol–water partition coefficient (Wildman–Crippen LogP) is 1.31. The normalized spacial score (nSPS) is 21.2. The van der Waals surface area contributed by atoms with Gasteiger partial charge in [0, 0.05) is 17.5 Å². The van der Waals surface area contributed by atoms with Gasteiger partial charge >= 0.3 is 0 Å². The molecule has 1 unspecified atom stereocenters. The largest absolute Gasteiger partial charge is 0.378 e. The lowest BCUT2D eigenvalue weighted by atomic mass is 10.3. The van der Waals surface area contributed by atoms with Crippen LogP contribution in [-0.2, 0) is 21.2 Å². The maximum Gasteiger partial charge on any atom is 0.252 e. The van der Waals surface area contributed by atoms with Crippen molar-refractivity contribution in [3.05, 3.63) is 17.0 Å². The number of thiophene rings is 1. The summed E-state index contributed by atoms with van der Waals surface area (Å²) in [4.78, 5) is 1.10. The van der Waals surface area contributed by atoms with Crippen LogP contribution in [0.5, 0.6) is 0 Å². The lowest BCUT2D eigenvalue weighted by molar-refractivity contribution is 0.0393. The summed E-state index contributed by atoms with van der Waals surface area (Å²) in [5, 5.41) is 3.25. The summed E-state index contributed by atoms with van der Waals surface area (Å²) in [7, 11) is -3.37. The highest BCUT2D eigenvalue weighted by molar-refractivity contribution is 7.91. The van der Waals surface area contributed by atoms with E-state index in [0.717, 1.165) is 24.4 Å². The number of nitrogens with one attached hydrogen (secondary N) is 1. The first-order valence-electron chi connectivity index (χ1n) is 6.94. The quantitative estimate of drug-likeness (QED) is 0.804. The highest BCUT2D eigenvalue weighted by atomic mass is 32.2. The fraction of sp³-hybridized carbons (Fsp3) is 0.692. The van der Waals surface area contributed by atoms with E-state index in [2.05, 4.69) is 12.2 Å². The summed E-state index contributed by atoms with van der Waals surface area (Å²) in [5.41, 5.74) is 0. The average molecular weight is 318 g/mol. The standard InChI is InChI=1S/C13H22N2O3S2/c1-3-14-7-6-12-4-5-13(19-12)20(16,17)15-8-9-18-10-11(15)2/h4-5,11,14H,3,6-10H2,1-2H3. The molecule has 1 atom stereocenters. The number of ether oxygens (including phenoxy) is 1. The van der Waals surface area contributed by atoms with Crippen molar-refractivity contribution >= 4 is 21.4 Å². The topological polar surface area (TPSA) is 58.6 Å². The maximum atomic E-state index is 12.6. The number of likely N-dealkylation sites (N-methyl/N-ethyl adjacent to an activating group) is 1. The number of sulfonamides is 1. The van der Waals surface area contributed by atoms with E-state index in [4.69, 9.17) is 4.74 Å². The van der Waals surface area contributed by atoms with Crippen LogP contribution in [0.15, 0.2) is 16.3 Å². The van der Waals surface area contributed by atoms with E-state index in [1.807, 2.05) is 13.0 Å². The molecule has 7 heteroatoms. The second kappa shape index (κ2) is 7.00. The van der Waals surface area contributed by atoms with Gasteiger partial charge in [-0.2, -0.15) is 4.31 Å². The van der Waals surface area contributed by atoms with E-state index >= 15 is 0 Å². The van der Waals surface area contributed by atoms with Crippen molar-refractivity contribution in [2.24, 2.45) is 0 Å². The van der Waals surface area contributed by atoms with Gasteiger partial charge in [-0.05, 0) is 38.6 Å². The van der Waals surface area contributed by atoms with Crippen molar-refractivity contribution in [1.82, 2.24) is 9.62 Å². The molecule has 0 bridgehead atoms. The molecule has 1 N–H and O–H groups in total. The third-order valence-corrected chi connectivity index (χ3v) is 6.93. The molecule has 1 aromatic rings. The first-order chi connectivity index (χ1) is 9.55. The summed E-state index contributed by atoms with van der Waals surface area (Å²) in [6, 6.07) is 3.55. The Morgan fingerprint density at radius 1 is 1.50 bits per heavy atom. The van der Waals surface area contributed by atoms with Crippen LogP contribution in [0, 0.1) is 0 Å². The second-order valence-electron chi connectivity index (χ2n) is 4.86. The molecular formula is C13H22N2O3S2. The van der Waals surface area contributed by atoms with E-state index < -0.39 is 10.0 Å². The SMILES string of the molecule is CCNCCc1ccc(S(=O)(=O)N2CCOCC2C)s1. The Labute approximate surface area is 125 Å². The van der Waals surface area contributed by atoms with Gasteiger partial charge in [0.2, 0.25) is 0 Å². The fourth-order valence-corrected chi connectivity index (χ4v) is 5.29. The van der Waals surface area contributed by atoms with Gasteiger partial charge in [0.1, 0.15) is 4.21 Å². The number of morpholine rings is 1. The van der Waals surface area contributed by atoms with Gasteiger partial charge in [-0.1, -0.05) is 6.92 Å². The molecule has 1 aromatic heterocycles. The zero-order valence-electron chi connectivity index (χ0n) is 12.0. The first-order valence-corrected chi connectivity index (χ1v) is 9.20. The van der Waals surface area contributed by atoms with Crippen molar-refractivity contribution in [1.29, 1.82) is 0 Å². The molecule has 0 amide bonds. The van der Waals surface area contributed by atoms with Gasteiger partial charge in [-0.25, -0.2) is 8.42 Å². The lowest BCUT2D eigenvalue weighted by Gasteiger charge is -2.31. The molecule has 2 heterocycles. The number of nitrogens with zero attached hydrogens (tertiary/aromatic N) is 1. The van der Waals surface area contributed by atoms with E-state index in [1.165, 1.54) is 11.3 Å². The molecule has 0 radical (unpaired) electrons.